The van der Waals surface area contributed by atoms with E-state index < -0.39 is 23.8 Å². The Morgan fingerprint density at radius 2 is 1.89 bits per heavy atom. The van der Waals surface area contributed by atoms with Gasteiger partial charge in [-0.25, -0.2) is 15.1 Å². The molecule has 1 saturated heterocycles. The van der Waals surface area contributed by atoms with Crippen LogP contribution in [0.1, 0.15) is 112 Å². The quantitative estimate of drug-likeness (QED) is 0.0339. The standard InChI is InChI=1S/C31H55BN6O6/c1-7-8-9-10-11-12-13-16-27(39)35-23(15-14-17-34-29(33)37-38(41)42)28(40)36-26(18-21(2)3)32-43-25-20-22-19-24(30(22,4)5)31(25,6)44-32/h12-13,21-26H,7-11,14-20H2,1-6H3,(H,35,39)(H,36,40)(H3,33,34,37)/b13-12+/t22-,23+,24-,25-,26+,31+/m1/s1. The summed E-state index contributed by atoms with van der Waals surface area (Å²) < 4.78 is 13.2. The van der Waals surface area contributed by atoms with Gasteiger partial charge in [-0.15, -0.1) is 0 Å². The van der Waals surface area contributed by atoms with Gasteiger partial charge in [0.2, 0.25) is 11.8 Å². The second kappa shape index (κ2) is 16.1. The number of nitrogens with one attached hydrogen (secondary N) is 3. The zero-order chi connectivity index (χ0) is 32.5. The molecular weight excluding hydrogens is 563 g/mol. The number of hydrogen-bond acceptors (Lipinski definition) is 7. The second-order valence-electron chi connectivity index (χ2n) is 14.0. The summed E-state index contributed by atoms with van der Waals surface area (Å²) in [6.07, 6.45) is 13.0. The third-order valence-electron chi connectivity index (χ3n) is 9.84. The van der Waals surface area contributed by atoms with E-state index in [9.17, 15) is 19.7 Å². The van der Waals surface area contributed by atoms with Crippen LogP contribution >= 0.6 is 0 Å². The first-order valence-electron chi connectivity index (χ1n) is 16.6. The number of nitrogens with zero attached hydrogens (tertiary/aromatic N) is 2. The van der Waals surface area contributed by atoms with Crippen molar-refractivity contribution in [1.29, 1.82) is 0 Å². The summed E-state index contributed by atoms with van der Waals surface area (Å²) >= 11 is 0. The normalized spacial score (nSPS) is 27.0. The third-order valence-corrected chi connectivity index (χ3v) is 9.84. The van der Waals surface area contributed by atoms with Crippen molar-refractivity contribution in [1.82, 2.24) is 16.1 Å². The Hall–Kier alpha value is -2.67. The summed E-state index contributed by atoms with van der Waals surface area (Å²) in [4.78, 5) is 41.1. The lowest BCUT2D eigenvalue weighted by molar-refractivity contribution is -0.525. The first kappa shape index (κ1) is 35.8. The molecule has 0 unspecified atom stereocenters. The first-order chi connectivity index (χ1) is 20.8. The first-order valence-corrected chi connectivity index (χ1v) is 16.6. The zero-order valence-electron chi connectivity index (χ0n) is 27.6. The Morgan fingerprint density at radius 3 is 2.55 bits per heavy atom. The van der Waals surface area contributed by atoms with Gasteiger partial charge in [0.15, 0.2) is 5.03 Å². The predicted octanol–water partition coefficient (Wildman–Crippen LogP) is 4.06. The van der Waals surface area contributed by atoms with Crippen molar-refractivity contribution >= 4 is 24.9 Å². The average molecular weight is 619 g/mol. The highest BCUT2D eigenvalue weighted by Gasteiger charge is 2.68. The Morgan fingerprint density at radius 1 is 1.14 bits per heavy atom. The number of nitro groups is 1. The number of rotatable bonds is 18. The molecule has 2 bridgehead atoms. The number of allylic oxidation sites excluding steroid dienone is 1. The van der Waals surface area contributed by atoms with E-state index in [1.165, 1.54) is 19.3 Å². The lowest BCUT2D eigenvalue weighted by atomic mass is 9.43. The van der Waals surface area contributed by atoms with Crippen LogP contribution in [0.3, 0.4) is 0 Å². The molecule has 1 heterocycles. The van der Waals surface area contributed by atoms with Crippen molar-refractivity contribution in [3.8, 4) is 0 Å². The van der Waals surface area contributed by atoms with E-state index in [0.29, 0.717) is 24.7 Å². The predicted molar refractivity (Wildman–Crippen MR) is 172 cm³/mol. The highest BCUT2D eigenvalue weighted by Crippen LogP contribution is 2.65. The van der Waals surface area contributed by atoms with Crippen molar-refractivity contribution in [3.63, 3.8) is 0 Å². The van der Waals surface area contributed by atoms with E-state index in [1.807, 2.05) is 12.2 Å². The molecule has 0 aromatic carbocycles. The number of carbonyl (C=O) groups excluding carboxylic acids is 2. The molecule has 6 atom stereocenters. The van der Waals surface area contributed by atoms with Crippen LogP contribution in [-0.4, -0.2) is 60.2 Å². The number of nitrogens with two attached hydrogens (primary N) is 1. The van der Waals surface area contributed by atoms with Crippen molar-refractivity contribution in [2.45, 2.75) is 136 Å². The van der Waals surface area contributed by atoms with Gasteiger partial charge in [-0.05, 0) is 75.0 Å². The molecule has 0 spiro atoms. The fourth-order valence-corrected chi connectivity index (χ4v) is 7.24. The van der Waals surface area contributed by atoms with Gasteiger partial charge < -0.3 is 25.7 Å². The maximum absolute atomic E-state index is 13.7. The second-order valence-corrected chi connectivity index (χ2v) is 14.0. The monoisotopic (exact) mass is 618 g/mol. The molecule has 4 rings (SSSR count). The van der Waals surface area contributed by atoms with Crippen molar-refractivity contribution < 1.29 is 23.9 Å². The number of amides is 2. The molecule has 5 N–H and O–H groups in total. The van der Waals surface area contributed by atoms with Crippen LogP contribution in [0.2, 0.25) is 0 Å². The smallest absolute Gasteiger partial charge is 0.404 e. The summed E-state index contributed by atoms with van der Waals surface area (Å²) in [5.74, 6) is 0.0392. The van der Waals surface area contributed by atoms with Gasteiger partial charge in [0.25, 0.3) is 5.96 Å². The van der Waals surface area contributed by atoms with Crippen LogP contribution < -0.4 is 21.8 Å². The molecule has 4 aliphatic rings. The fraction of sp³-hybridized carbons (Fsp3) is 0.839. The minimum atomic E-state index is -0.818. The molecule has 1 aliphatic heterocycles. The van der Waals surface area contributed by atoms with E-state index in [-0.39, 0.29) is 60.5 Å². The van der Waals surface area contributed by atoms with Gasteiger partial charge in [0.1, 0.15) is 6.04 Å². The number of unbranched alkanes of at least 4 members (excludes halogenated alkanes) is 4. The summed E-state index contributed by atoms with van der Waals surface area (Å²) in [6, 6.07) is -0.818. The lowest BCUT2D eigenvalue weighted by Gasteiger charge is -2.64. The van der Waals surface area contributed by atoms with E-state index in [1.54, 1.807) is 5.43 Å². The third kappa shape index (κ3) is 9.42. The summed E-state index contributed by atoms with van der Waals surface area (Å²) in [7, 11) is -0.573. The Balaban J connectivity index is 1.65. The highest BCUT2D eigenvalue weighted by molar-refractivity contribution is 6.48. The van der Waals surface area contributed by atoms with Gasteiger partial charge in [0, 0.05) is 13.0 Å². The van der Waals surface area contributed by atoms with Crippen molar-refractivity contribution in [3.05, 3.63) is 22.3 Å². The number of hydrogen-bond donors (Lipinski definition) is 4. The molecule has 13 heteroatoms. The molecule has 44 heavy (non-hydrogen) atoms. The number of aliphatic imine (C=N–C) groups is 1. The maximum Gasteiger partial charge on any atom is 0.481 e. The minimum Gasteiger partial charge on any atom is -0.404 e. The van der Waals surface area contributed by atoms with Crippen LogP contribution in [-0.2, 0) is 18.9 Å². The van der Waals surface area contributed by atoms with Crippen LogP contribution in [0, 0.1) is 33.3 Å². The molecular formula is C31H55BN6O6. The highest BCUT2D eigenvalue weighted by atomic mass is 16.7. The van der Waals surface area contributed by atoms with Crippen LogP contribution in [0.25, 0.3) is 0 Å². The SMILES string of the molecule is CCCCCC/C=C/CC(=O)N[C@@H](CCCN=C(N)N[N+](=O)[O-])C(=O)N[C@@H](CC(C)C)B1O[C@@H]2C[C@H]3C[C@H](C3(C)C)[C@]2(C)O1. The van der Waals surface area contributed by atoms with E-state index in [2.05, 4.69) is 57.2 Å². The fourth-order valence-electron chi connectivity index (χ4n) is 7.24. The molecule has 248 valence electrons. The van der Waals surface area contributed by atoms with Gasteiger partial charge in [-0.3, -0.25) is 9.59 Å². The number of carbonyl (C=O) groups is 2. The molecule has 0 aromatic heterocycles. The molecule has 12 nitrogen and oxygen atoms in total. The minimum absolute atomic E-state index is 0.00352. The number of guanidine groups is 1. The largest absolute Gasteiger partial charge is 0.481 e. The van der Waals surface area contributed by atoms with Crippen molar-refractivity contribution in [2.75, 3.05) is 6.54 Å². The topological polar surface area (TPSA) is 170 Å². The average Bonchev–Trinajstić information content (AvgIpc) is 3.30. The molecule has 0 aromatic rings. The summed E-state index contributed by atoms with van der Waals surface area (Å²) in [5, 5.41) is 15.9. The van der Waals surface area contributed by atoms with Crippen LogP contribution in [0.4, 0.5) is 0 Å². The molecule has 3 aliphatic carbocycles. The van der Waals surface area contributed by atoms with Crippen LogP contribution in [0.5, 0.6) is 0 Å². The molecule has 0 radical (unpaired) electrons. The molecule has 3 saturated carbocycles. The lowest BCUT2D eigenvalue weighted by Crippen LogP contribution is -2.65. The summed E-state index contributed by atoms with van der Waals surface area (Å²) in [6.45, 7) is 13.3. The molecule has 2 amide bonds. The van der Waals surface area contributed by atoms with Crippen LogP contribution in [0.15, 0.2) is 17.1 Å². The van der Waals surface area contributed by atoms with E-state index in [4.69, 9.17) is 15.0 Å². The van der Waals surface area contributed by atoms with Gasteiger partial charge in [-0.2, -0.15) is 0 Å². The number of hydrazine groups is 1. The zero-order valence-corrected chi connectivity index (χ0v) is 27.6. The van der Waals surface area contributed by atoms with E-state index in [0.717, 1.165) is 25.7 Å². The summed E-state index contributed by atoms with van der Waals surface area (Å²) in [5.41, 5.74) is 7.14. The van der Waals surface area contributed by atoms with Gasteiger partial charge >= 0.3 is 7.12 Å². The molecule has 4 fully saturated rings. The Labute approximate surface area is 263 Å². The van der Waals surface area contributed by atoms with Crippen molar-refractivity contribution in [2.24, 2.45) is 33.9 Å². The Kier molecular flexibility index (Phi) is 13.1. The van der Waals surface area contributed by atoms with Gasteiger partial charge in [-0.1, -0.05) is 71.5 Å². The maximum atomic E-state index is 13.7. The van der Waals surface area contributed by atoms with Gasteiger partial charge in [0.05, 0.1) is 17.6 Å². The van der Waals surface area contributed by atoms with E-state index >= 15 is 0 Å². The Bertz CT molecular complexity index is 1050.